The number of nitrogens with zero attached hydrogens (tertiary/aromatic N) is 4. The van der Waals surface area contributed by atoms with Gasteiger partial charge in [-0.2, -0.15) is 9.97 Å². The molecule has 4 aliphatic rings. The zero-order chi connectivity index (χ0) is 27.7. The Morgan fingerprint density at radius 2 is 1.51 bits per heavy atom. The zero-order valence-electron chi connectivity index (χ0n) is 22.9. The monoisotopic (exact) mass is 532 g/mol. The van der Waals surface area contributed by atoms with Crippen molar-refractivity contribution in [1.29, 1.82) is 0 Å². The summed E-state index contributed by atoms with van der Waals surface area (Å²) < 4.78 is 0. The van der Waals surface area contributed by atoms with Crippen LogP contribution in [-0.4, -0.2) is 32.1 Å². The van der Waals surface area contributed by atoms with Crippen molar-refractivity contribution >= 4 is 11.5 Å². The summed E-state index contributed by atoms with van der Waals surface area (Å²) >= 11 is 0. The van der Waals surface area contributed by atoms with Crippen molar-refractivity contribution in [3.8, 4) is 28.5 Å². The molecule has 0 saturated carbocycles. The second-order valence-electron chi connectivity index (χ2n) is 11.5. The van der Waals surface area contributed by atoms with Gasteiger partial charge in [-0.15, -0.1) is 0 Å². The van der Waals surface area contributed by atoms with Crippen molar-refractivity contribution in [2.45, 2.75) is 31.3 Å². The number of hydrogen-bond acceptors (Lipinski definition) is 5. The Kier molecular flexibility index (Phi) is 5.08. The van der Waals surface area contributed by atoms with Crippen molar-refractivity contribution in [3.63, 3.8) is 0 Å². The minimum Gasteiger partial charge on any atom is -0.508 e. The molecule has 1 aliphatic heterocycles. The molecule has 0 bridgehead atoms. The second-order valence-corrected chi connectivity index (χ2v) is 11.5. The van der Waals surface area contributed by atoms with Crippen LogP contribution in [0.15, 0.2) is 132 Å². The third-order valence-electron chi connectivity index (χ3n) is 8.72. The van der Waals surface area contributed by atoms with E-state index in [4.69, 9.17) is 15.0 Å². The Morgan fingerprint density at radius 3 is 2.34 bits per heavy atom. The maximum Gasteiger partial charge on any atom is 0.231 e. The number of aromatic hydroxyl groups is 1. The minimum atomic E-state index is -0.106. The van der Waals surface area contributed by atoms with Crippen LogP contribution >= 0.6 is 0 Å². The molecule has 5 heteroatoms. The highest BCUT2D eigenvalue weighted by Gasteiger charge is 2.46. The van der Waals surface area contributed by atoms with Crippen LogP contribution in [0, 0.1) is 0 Å². The molecule has 4 aromatic rings. The van der Waals surface area contributed by atoms with Gasteiger partial charge in [0.1, 0.15) is 5.75 Å². The number of aromatic nitrogens is 3. The Morgan fingerprint density at radius 1 is 0.756 bits per heavy atom. The fourth-order valence-electron chi connectivity index (χ4n) is 6.75. The summed E-state index contributed by atoms with van der Waals surface area (Å²) in [7, 11) is 0. The number of phenolic OH excluding ortho intramolecular Hbond substituents is 1. The largest absolute Gasteiger partial charge is 0.508 e. The zero-order valence-corrected chi connectivity index (χ0v) is 22.9. The fourth-order valence-corrected chi connectivity index (χ4v) is 6.75. The highest BCUT2D eigenvalue weighted by atomic mass is 16.3. The van der Waals surface area contributed by atoms with Gasteiger partial charge in [-0.25, -0.2) is 4.98 Å². The van der Waals surface area contributed by atoms with Crippen molar-refractivity contribution in [2.24, 2.45) is 0 Å². The number of anilines is 1. The Labute approximate surface area is 239 Å². The van der Waals surface area contributed by atoms with Gasteiger partial charge < -0.3 is 10.0 Å². The molecule has 0 radical (unpaired) electrons. The maximum atomic E-state index is 10.2. The van der Waals surface area contributed by atoms with Gasteiger partial charge in [0.25, 0.3) is 0 Å². The van der Waals surface area contributed by atoms with E-state index in [-0.39, 0.29) is 23.2 Å². The van der Waals surface area contributed by atoms with Gasteiger partial charge in [0, 0.05) is 16.5 Å². The average Bonchev–Trinajstić information content (AvgIpc) is 3.45. The lowest BCUT2D eigenvalue weighted by atomic mass is 9.78. The molecule has 41 heavy (non-hydrogen) atoms. The van der Waals surface area contributed by atoms with Crippen molar-refractivity contribution < 1.29 is 5.11 Å². The second kappa shape index (κ2) is 8.73. The lowest BCUT2D eigenvalue weighted by Gasteiger charge is -2.33. The van der Waals surface area contributed by atoms with Crippen LogP contribution in [0.25, 0.3) is 28.3 Å². The molecule has 198 valence electrons. The van der Waals surface area contributed by atoms with Crippen LogP contribution in [-0.2, 0) is 5.41 Å². The summed E-state index contributed by atoms with van der Waals surface area (Å²) in [6.07, 6.45) is 13.5. The number of allylic oxidation sites excluding steroid dienone is 4. The van der Waals surface area contributed by atoms with E-state index in [1.54, 1.807) is 12.1 Å². The fraction of sp³-hybridized carbons (Fsp3) is 0.139. The summed E-state index contributed by atoms with van der Waals surface area (Å²) in [6, 6.07) is 25.8. The molecule has 1 aromatic heterocycles. The summed E-state index contributed by atoms with van der Waals surface area (Å²) in [6.45, 7) is 4.64. The molecule has 0 fully saturated rings. The van der Waals surface area contributed by atoms with E-state index in [0.29, 0.717) is 17.6 Å². The SMILES string of the molecule is CC1(C)C2=CC3C(=C4C=CC=CC4N3c3nc(-c4ccccc4)nc(-c4cccc(O)c4)n3)C=C2c2ccccc21. The van der Waals surface area contributed by atoms with Crippen LogP contribution in [0.3, 0.4) is 0 Å². The first-order valence-electron chi connectivity index (χ1n) is 14.0. The van der Waals surface area contributed by atoms with E-state index in [0.717, 1.165) is 11.1 Å². The number of fused-ring (bicyclic) bond motifs is 5. The minimum absolute atomic E-state index is 0.00562. The highest BCUT2D eigenvalue weighted by Crippen LogP contribution is 2.54. The maximum absolute atomic E-state index is 10.2. The van der Waals surface area contributed by atoms with Crippen LogP contribution in [0.4, 0.5) is 5.95 Å². The normalized spacial score (nSPS) is 21.2. The number of rotatable bonds is 3. The van der Waals surface area contributed by atoms with E-state index in [1.165, 1.54) is 33.4 Å². The number of phenols is 1. The molecule has 8 rings (SSSR count). The van der Waals surface area contributed by atoms with E-state index in [1.807, 2.05) is 42.5 Å². The lowest BCUT2D eigenvalue weighted by molar-refractivity contribution is 0.475. The Bertz CT molecular complexity index is 1890. The molecule has 0 amide bonds. The smallest absolute Gasteiger partial charge is 0.231 e. The third-order valence-corrected chi connectivity index (χ3v) is 8.72. The average molecular weight is 533 g/mol. The van der Waals surface area contributed by atoms with Gasteiger partial charge in [0.05, 0.1) is 12.1 Å². The van der Waals surface area contributed by atoms with Crippen LogP contribution in [0.1, 0.15) is 25.0 Å². The van der Waals surface area contributed by atoms with E-state index >= 15 is 0 Å². The van der Waals surface area contributed by atoms with Crippen molar-refractivity contribution in [2.75, 3.05) is 4.90 Å². The molecular formula is C36H28N4O. The molecule has 0 spiro atoms. The van der Waals surface area contributed by atoms with Gasteiger partial charge >= 0.3 is 0 Å². The lowest BCUT2D eigenvalue weighted by Crippen LogP contribution is -2.40. The van der Waals surface area contributed by atoms with Crippen molar-refractivity contribution in [3.05, 3.63) is 143 Å². The Balaban J connectivity index is 1.33. The van der Waals surface area contributed by atoms with Crippen molar-refractivity contribution in [1.82, 2.24) is 15.0 Å². The molecule has 2 atom stereocenters. The summed E-state index contributed by atoms with van der Waals surface area (Å²) in [4.78, 5) is 17.3. The molecule has 5 nitrogen and oxygen atoms in total. The molecular weight excluding hydrogens is 504 g/mol. The van der Waals surface area contributed by atoms with E-state index in [2.05, 4.69) is 79.5 Å². The molecule has 2 heterocycles. The number of hydrogen-bond donors (Lipinski definition) is 1. The first kappa shape index (κ1) is 23.8. The topological polar surface area (TPSA) is 62.1 Å². The Hall–Kier alpha value is -5.03. The first-order chi connectivity index (χ1) is 20.0. The van der Waals surface area contributed by atoms with Gasteiger partial charge in [-0.05, 0) is 51.6 Å². The van der Waals surface area contributed by atoms with E-state index < -0.39 is 0 Å². The summed E-state index contributed by atoms with van der Waals surface area (Å²) in [5.41, 5.74) is 9.44. The quantitative estimate of drug-likeness (QED) is 0.302. The predicted octanol–water partition coefficient (Wildman–Crippen LogP) is 7.21. The summed E-state index contributed by atoms with van der Waals surface area (Å²) in [5.74, 6) is 1.92. The third kappa shape index (κ3) is 3.59. The summed E-state index contributed by atoms with van der Waals surface area (Å²) in [5, 5.41) is 10.2. The number of benzene rings is 3. The molecule has 2 unspecified atom stereocenters. The van der Waals surface area contributed by atoms with Gasteiger partial charge in [-0.1, -0.05) is 111 Å². The molecule has 3 aromatic carbocycles. The molecule has 1 N–H and O–H groups in total. The highest BCUT2D eigenvalue weighted by molar-refractivity contribution is 5.94. The van der Waals surface area contributed by atoms with Gasteiger partial charge in [0.2, 0.25) is 5.95 Å². The standard InChI is InChI=1S/C36H28N4O/c1-36(2)29-17-8-6-15-25(29)27-20-28-26-16-7-9-18-31(26)40(32(28)21-30(27)36)35-38-33(22-11-4-3-5-12-22)37-34(39-35)23-13-10-14-24(41)19-23/h3-21,31-32,41H,1-2H3. The van der Waals surface area contributed by atoms with Gasteiger partial charge in [0.15, 0.2) is 11.6 Å². The van der Waals surface area contributed by atoms with Gasteiger partial charge in [-0.3, -0.25) is 0 Å². The van der Waals surface area contributed by atoms with Crippen LogP contribution in [0.2, 0.25) is 0 Å². The first-order valence-corrected chi connectivity index (χ1v) is 14.0. The van der Waals surface area contributed by atoms with E-state index in [9.17, 15) is 5.11 Å². The van der Waals surface area contributed by atoms with Crippen LogP contribution in [0.5, 0.6) is 5.75 Å². The molecule has 3 aliphatic carbocycles. The molecule has 0 saturated heterocycles. The predicted molar refractivity (Wildman–Crippen MR) is 163 cm³/mol. The van der Waals surface area contributed by atoms with Crippen LogP contribution < -0.4 is 4.90 Å².